The third-order valence-corrected chi connectivity index (χ3v) is 4.94. The Labute approximate surface area is 155 Å². The molecule has 1 aliphatic carbocycles. The number of hydrogen-bond acceptors (Lipinski definition) is 2. The largest absolute Gasteiger partial charge is 0.490 e. The van der Waals surface area contributed by atoms with Gasteiger partial charge in [-0.3, -0.25) is 0 Å². The van der Waals surface area contributed by atoms with E-state index in [1.165, 1.54) is 36.8 Å². The SMILES string of the molecule is Cc1ccccc1[C@H](C)NC(=S)Nc1ccc(OC2CCCC2)cc1. The predicted octanol–water partition coefficient (Wildman–Crippen LogP) is 5.36. The zero-order valence-electron chi connectivity index (χ0n) is 14.9. The Morgan fingerprint density at radius 2 is 1.76 bits per heavy atom. The van der Waals surface area contributed by atoms with Gasteiger partial charge in [0.15, 0.2) is 5.11 Å². The van der Waals surface area contributed by atoms with Gasteiger partial charge in [-0.1, -0.05) is 24.3 Å². The Bertz CT molecular complexity index is 708. The van der Waals surface area contributed by atoms with Crippen molar-refractivity contribution in [3.8, 4) is 5.75 Å². The Morgan fingerprint density at radius 1 is 1.08 bits per heavy atom. The molecule has 0 unspecified atom stereocenters. The lowest BCUT2D eigenvalue weighted by atomic mass is 10.0. The van der Waals surface area contributed by atoms with Gasteiger partial charge in [-0.2, -0.15) is 0 Å². The van der Waals surface area contributed by atoms with E-state index in [-0.39, 0.29) is 6.04 Å². The first-order chi connectivity index (χ1) is 12.1. The summed E-state index contributed by atoms with van der Waals surface area (Å²) in [7, 11) is 0. The highest BCUT2D eigenvalue weighted by molar-refractivity contribution is 7.80. The van der Waals surface area contributed by atoms with Crippen LogP contribution in [0.1, 0.15) is 49.8 Å². The lowest BCUT2D eigenvalue weighted by Crippen LogP contribution is -2.31. The quantitative estimate of drug-likeness (QED) is 0.708. The first-order valence-corrected chi connectivity index (χ1v) is 9.42. The number of rotatable bonds is 5. The third-order valence-electron chi connectivity index (χ3n) is 4.72. The molecule has 3 rings (SSSR count). The van der Waals surface area contributed by atoms with Crippen molar-refractivity contribution >= 4 is 23.0 Å². The summed E-state index contributed by atoms with van der Waals surface area (Å²) in [6.45, 7) is 4.24. The molecular weight excluding hydrogens is 328 g/mol. The molecule has 3 nitrogen and oxygen atoms in total. The molecule has 25 heavy (non-hydrogen) atoms. The highest BCUT2D eigenvalue weighted by atomic mass is 32.1. The van der Waals surface area contributed by atoms with Crippen molar-refractivity contribution in [2.24, 2.45) is 0 Å². The third kappa shape index (κ3) is 4.95. The molecule has 2 N–H and O–H groups in total. The van der Waals surface area contributed by atoms with Crippen molar-refractivity contribution in [1.82, 2.24) is 5.32 Å². The van der Waals surface area contributed by atoms with Crippen molar-refractivity contribution in [3.63, 3.8) is 0 Å². The molecule has 2 aromatic carbocycles. The van der Waals surface area contributed by atoms with Gasteiger partial charge in [0, 0.05) is 5.69 Å². The van der Waals surface area contributed by atoms with E-state index in [1.807, 2.05) is 24.3 Å². The van der Waals surface area contributed by atoms with Crippen molar-refractivity contribution in [1.29, 1.82) is 0 Å². The molecule has 4 heteroatoms. The number of hydrogen-bond donors (Lipinski definition) is 2. The van der Waals surface area contributed by atoms with Gasteiger partial charge < -0.3 is 15.4 Å². The van der Waals surface area contributed by atoms with E-state index in [1.54, 1.807) is 0 Å². The van der Waals surface area contributed by atoms with Gasteiger partial charge in [0.2, 0.25) is 0 Å². The molecule has 1 atom stereocenters. The van der Waals surface area contributed by atoms with E-state index >= 15 is 0 Å². The summed E-state index contributed by atoms with van der Waals surface area (Å²) in [6, 6.07) is 16.6. The first kappa shape index (κ1) is 17.7. The molecule has 0 amide bonds. The van der Waals surface area contributed by atoms with E-state index < -0.39 is 0 Å². The molecule has 132 valence electrons. The van der Waals surface area contributed by atoms with Crippen molar-refractivity contribution in [2.75, 3.05) is 5.32 Å². The van der Waals surface area contributed by atoms with Crippen molar-refractivity contribution < 1.29 is 4.74 Å². The zero-order chi connectivity index (χ0) is 17.6. The molecule has 1 fully saturated rings. The van der Waals surface area contributed by atoms with Gasteiger partial charge >= 0.3 is 0 Å². The van der Waals surface area contributed by atoms with Crippen LogP contribution in [0.25, 0.3) is 0 Å². The van der Waals surface area contributed by atoms with Crippen LogP contribution in [0.5, 0.6) is 5.75 Å². The topological polar surface area (TPSA) is 33.3 Å². The van der Waals surface area contributed by atoms with Crippen molar-refractivity contribution in [3.05, 3.63) is 59.7 Å². The highest BCUT2D eigenvalue weighted by Crippen LogP contribution is 2.25. The maximum absolute atomic E-state index is 5.99. The Morgan fingerprint density at radius 3 is 2.44 bits per heavy atom. The number of thiocarbonyl (C=S) groups is 1. The average molecular weight is 355 g/mol. The smallest absolute Gasteiger partial charge is 0.171 e. The minimum absolute atomic E-state index is 0.158. The second kappa shape index (κ2) is 8.34. The van der Waals surface area contributed by atoms with Crippen LogP contribution in [0, 0.1) is 6.92 Å². The molecule has 1 aliphatic rings. The summed E-state index contributed by atoms with van der Waals surface area (Å²) in [5.41, 5.74) is 3.49. The van der Waals surface area contributed by atoms with Gasteiger partial charge in [0.25, 0.3) is 0 Å². The van der Waals surface area contributed by atoms with Gasteiger partial charge in [-0.15, -0.1) is 0 Å². The second-order valence-electron chi connectivity index (χ2n) is 6.73. The van der Waals surface area contributed by atoms with Crippen LogP contribution in [0.15, 0.2) is 48.5 Å². The van der Waals surface area contributed by atoms with Gasteiger partial charge in [0.05, 0.1) is 12.1 Å². The standard InChI is InChI=1S/C21H26N2OS/c1-15-7-3-6-10-20(15)16(2)22-21(25)23-17-11-13-19(14-12-17)24-18-8-4-5-9-18/h3,6-7,10-14,16,18H,4-5,8-9H2,1-2H3,(H2,22,23,25)/t16-/m0/s1. The summed E-state index contributed by atoms with van der Waals surface area (Å²) >= 11 is 5.45. The van der Waals surface area contributed by atoms with Gasteiger partial charge in [-0.25, -0.2) is 0 Å². The number of nitrogens with one attached hydrogen (secondary N) is 2. The lowest BCUT2D eigenvalue weighted by molar-refractivity contribution is 0.210. The van der Waals surface area contributed by atoms with Gasteiger partial charge in [0.1, 0.15) is 5.75 Å². The summed E-state index contributed by atoms with van der Waals surface area (Å²) in [4.78, 5) is 0. The number of ether oxygens (including phenoxy) is 1. The fourth-order valence-corrected chi connectivity index (χ4v) is 3.62. The monoisotopic (exact) mass is 354 g/mol. The molecule has 0 spiro atoms. The second-order valence-corrected chi connectivity index (χ2v) is 7.13. The number of anilines is 1. The van der Waals surface area contributed by atoms with Crippen LogP contribution < -0.4 is 15.4 Å². The Kier molecular flexibility index (Phi) is 5.92. The zero-order valence-corrected chi connectivity index (χ0v) is 15.7. The molecule has 0 aromatic heterocycles. The molecule has 0 radical (unpaired) electrons. The van der Waals surface area contributed by atoms with Gasteiger partial charge in [-0.05, 0) is 87.1 Å². The van der Waals surface area contributed by atoms with E-state index in [4.69, 9.17) is 17.0 Å². The van der Waals surface area contributed by atoms with Crippen LogP contribution >= 0.6 is 12.2 Å². The van der Waals surface area contributed by atoms with Crippen LogP contribution in [0.4, 0.5) is 5.69 Å². The molecule has 1 saturated carbocycles. The summed E-state index contributed by atoms with van der Waals surface area (Å²) in [6.07, 6.45) is 5.29. The fraction of sp³-hybridized carbons (Fsp3) is 0.381. The molecule has 0 aliphatic heterocycles. The average Bonchev–Trinajstić information content (AvgIpc) is 3.10. The van der Waals surface area contributed by atoms with Crippen LogP contribution in [0.3, 0.4) is 0 Å². The molecular formula is C21H26N2OS. The first-order valence-electron chi connectivity index (χ1n) is 9.01. The minimum Gasteiger partial charge on any atom is -0.490 e. The Balaban J connectivity index is 1.53. The normalized spacial score (nSPS) is 15.6. The van der Waals surface area contributed by atoms with Crippen LogP contribution in [-0.2, 0) is 0 Å². The maximum Gasteiger partial charge on any atom is 0.171 e. The van der Waals surface area contributed by atoms with Crippen LogP contribution in [0.2, 0.25) is 0 Å². The predicted molar refractivity (Wildman–Crippen MR) is 108 cm³/mol. The summed E-state index contributed by atoms with van der Waals surface area (Å²) in [5.74, 6) is 0.935. The number of benzene rings is 2. The maximum atomic E-state index is 5.99. The summed E-state index contributed by atoms with van der Waals surface area (Å²) in [5, 5.41) is 7.22. The Hall–Kier alpha value is -2.07. The van der Waals surface area contributed by atoms with E-state index in [2.05, 4.69) is 48.7 Å². The highest BCUT2D eigenvalue weighted by Gasteiger charge is 2.16. The summed E-state index contributed by atoms with van der Waals surface area (Å²) < 4.78 is 5.99. The fourth-order valence-electron chi connectivity index (χ4n) is 3.33. The van der Waals surface area contributed by atoms with Crippen molar-refractivity contribution in [2.45, 2.75) is 51.7 Å². The molecule has 0 bridgehead atoms. The van der Waals surface area contributed by atoms with E-state index in [0.717, 1.165) is 11.4 Å². The molecule has 2 aromatic rings. The lowest BCUT2D eigenvalue weighted by Gasteiger charge is -2.19. The van der Waals surface area contributed by atoms with E-state index in [0.29, 0.717) is 11.2 Å². The van der Waals surface area contributed by atoms with Crippen LogP contribution in [-0.4, -0.2) is 11.2 Å². The molecule has 0 saturated heterocycles. The number of aryl methyl sites for hydroxylation is 1. The van der Waals surface area contributed by atoms with E-state index in [9.17, 15) is 0 Å². The molecule has 0 heterocycles. The minimum atomic E-state index is 0.158.